The topological polar surface area (TPSA) is 53.5 Å². The van der Waals surface area contributed by atoms with Crippen LogP contribution >= 0.6 is 15.9 Å². The van der Waals surface area contributed by atoms with E-state index in [0.29, 0.717) is 17.9 Å². The number of halogens is 1. The standard InChI is InChI=1S/C14H17BrN2O/c1-10(2)4-3-5-13(18)14(17-16)11-6-8-12(15)9-7-11/h6-10H,3-5H2,1-2H3. The molecular weight excluding hydrogens is 292 g/mol. The van der Waals surface area contributed by atoms with Gasteiger partial charge in [-0.25, -0.2) is 0 Å². The Bertz CT molecular complexity index is 459. The van der Waals surface area contributed by atoms with Crippen molar-refractivity contribution in [1.29, 1.82) is 0 Å². The van der Waals surface area contributed by atoms with Gasteiger partial charge < -0.3 is 5.53 Å². The van der Waals surface area contributed by atoms with Crippen molar-refractivity contribution in [3.63, 3.8) is 0 Å². The lowest BCUT2D eigenvalue weighted by molar-refractivity contribution is -0.117. The second-order valence-corrected chi connectivity index (χ2v) is 5.58. The molecule has 0 amide bonds. The van der Waals surface area contributed by atoms with Gasteiger partial charge in [-0.1, -0.05) is 36.2 Å². The van der Waals surface area contributed by atoms with Crippen LogP contribution in [-0.2, 0) is 4.79 Å². The molecule has 0 aliphatic carbocycles. The molecule has 0 heterocycles. The van der Waals surface area contributed by atoms with Crippen LogP contribution in [0.1, 0.15) is 38.7 Å². The number of hydrogen-bond acceptors (Lipinski definition) is 1. The molecule has 18 heavy (non-hydrogen) atoms. The zero-order valence-corrected chi connectivity index (χ0v) is 12.3. The maximum atomic E-state index is 11.9. The molecule has 0 radical (unpaired) electrons. The van der Waals surface area contributed by atoms with Gasteiger partial charge in [0.15, 0.2) is 0 Å². The predicted octanol–water partition coefficient (Wildman–Crippen LogP) is 3.86. The van der Waals surface area contributed by atoms with Crippen LogP contribution in [0, 0.1) is 5.92 Å². The summed E-state index contributed by atoms with van der Waals surface area (Å²) in [6, 6.07) is 7.17. The van der Waals surface area contributed by atoms with Crippen LogP contribution in [0.5, 0.6) is 0 Å². The average Bonchev–Trinajstić information content (AvgIpc) is 2.32. The fourth-order valence-corrected chi connectivity index (χ4v) is 1.94. The summed E-state index contributed by atoms with van der Waals surface area (Å²) in [6.07, 6.45) is 2.25. The number of hydrogen-bond donors (Lipinski definition) is 0. The first-order chi connectivity index (χ1) is 8.54. The lowest BCUT2D eigenvalue weighted by Crippen LogP contribution is -2.16. The fraction of sp³-hybridized carbons (Fsp3) is 0.429. The van der Waals surface area contributed by atoms with E-state index in [1.807, 2.05) is 12.1 Å². The van der Waals surface area contributed by atoms with Gasteiger partial charge in [0.25, 0.3) is 0 Å². The molecule has 1 aromatic rings. The van der Waals surface area contributed by atoms with Gasteiger partial charge in [0.05, 0.1) is 5.56 Å². The molecule has 0 aliphatic rings. The summed E-state index contributed by atoms with van der Waals surface area (Å²) in [7, 11) is 0. The predicted molar refractivity (Wildman–Crippen MR) is 75.6 cm³/mol. The normalized spacial score (nSPS) is 10.2. The van der Waals surface area contributed by atoms with Crippen molar-refractivity contribution < 1.29 is 9.58 Å². The Balaban J connectivity index is 2.70. The van der Waals surface area contributed by atoms with Crippen molar-refractivity contribution >= 4 is 27.4 Å². The van der Waals surface area contributed by atoms with Gasteiger partial charge in [0, 0.05) is 10.9 Å². The first kappa shape index (κ1) is 14.8. The molecule has 4 heteroatoms. The largest absolute Gasteiger partial charge is 0.364 e. The van der Waals surface area contributed by atoms with Gasteiger partial charge in [0.1, 0.15) is 0 Å². The third-order valence-electron chi connectivity index (χ3n) is 2.67. The molecule has 96 valence electrons. The molecule has 0 bridgehead atoms. The number of rotatable bonds is 6. The minimum atomic E-state index is -0.111. The van der Waals surface area contributed by atoms with E-state index in [2.05, 4.69) is 34.6 Å². The lowest BCUT2D eigenvalue weighted by Gasteiger charge is -2.02. The molecule has 0 fully saturated rings. The van der Waals surface area contributed by atoms with Crippen LogP contribution in [0.3, 0.4) is 0 Å². The molecule has 0 unspecified atom stereocenters. The van der Waals surface area contributed by atoms with E-state index in [4.69, 9.17) is 5.53 Å². The summed E-state index contributed by atoms with van der Waals surface area (Å²) in [5.41, 5.74) is 9.78. The van der Waals surface area contributed by atoms with Crippen molar-refractivity contribution in [3.05, 3.63) is 39.8 Å². The molecule has 0 saturated carbocycles. The van der Waals surface area contributed by atoms with Crippen molar-refractivity contribution in [2.75, 3.05) is 0 Å². The second kappa shape index (κ2) is 7.24. The Morgan fingerprint density at radius 3 is 2.44 bits per heavy atom. The van der Waals surface area contributed by atoms with Crippen LogP contribution in [-0.4, -0.2) is 16.3 Å². The Morgan fingerprint density at radius 1 is 1.33 bits per heavy atom. The quantitative estimate of drug-likeness (QED) is 0.447. The van der Waals surface area contributed by atoms with Crippen LogP contribution in [0.15, 0.2) is 28.7 Å². The van der Waals surface area contributed by atoms with E-state index in [1.165, 1.54) is 0 Å². The molecule has 0 aromatic heterocycles. The average molecular weight is 309 g/mol. The van der Waals surface area contributed by atoms with Gasteiger partial charge in [-0.3, -0.25) is 4.79 Å². The number of carbonyl (C=O) groups excluding carboxylic acids is 1. The summed E-state index contributed by atoms with van der Waals surface area (Å²) in [5, 5.41) is 0. The van der Waals surface area contributed by atoms with E-state index in [0.717, 1.165) is 17.3 Å². The molecule has 1 aromatic carbocycles. The van der Waals surface area contributed by atoms with Gasteiger partial charge >= 0.3 is 5.71 Å². The Morgan fingerprint density at radius 2 is 1.94 bits per heavy atom. The van der Waals surface area contributed by atoms with Gasteiger partial charge in [-0.15, -0.1) is 0 Å². The molecule has 0 atom stereocenters. The summed E-state index contributed by atoms with van der Waals surface area (Å²) in [6.45, 7) is 4.25. The molecule has 0 aliphatic heterocycles. The summed E-state index contributed by atoms with van der Waals surface area (Å²) < 4.78 is 0.927. The highest BCUT2D eigenvalue weighted by Gasteiger charge is 2.21. The van der Waals surface area contributed by atoms with Crippen LogP contribution in [0.25, 0.3) is 5.53 Å². The molecule has 0 saturated heterocycles. The van der Waals surface area contributed by atoms with E-state index >= 15 is 0 Å². The third kappa shape index (κ3) is 4.55. The lowest BCUT2D eigenvalue weighted by atomic mass is 10.00. The summed E-state index contributed by atoms with van der Waals surface area (Å²) in [5.74, 6) is 0.473. The van der Waals surface area contributed by atoms with E-state index < -0.39 is 0 Å². The van der Waals surface area contributed by atoms with Crippen molar-refractivity contribution in [2.45, 2.75) is 33.1 Å². The third-order valence-corrected chi connectivity index (χ3v) is 3.20. The number of carbonyl (C=O) groups is 1. The highest BCUT2D eigenvalue weighted by Crippen LogP contribution is 2.13. The molecule has 0 spiro atoms. The number of benzene rings is 1. The summed E-state index contributed by atoms with van der Waals surface area (Å²) in [4.78, 5) is 15.1. The highest BCUT2D eigenvalue weighted by atomic mass is 79.9. The first-order valence-electron chi connectivity index (χ1n) is 6.05. The fourth-order valence-electron chi connectivity index (χ4n) is 1.67. The van der Waals surface area contributed by atoms with Gasteiger partial charge in [-0.2, -0.15) is 4.79 Å². The minimum absolute atomic E-state index is 0.111. The number of Topliss-reactive ketones (excluding diaryl/α,β-unsaturated/α-hetero) is 1. The molecule has 3 nitrogen and oxygen atoms in total. The zero-order chi connectivity index (χ0) is 13.5. The van der Waals surface area contributed by atoms with E-state index in [1.54, 1.807) is 12.1 Å². The maximum Gasteiger partial charge on any atom is 0.364 e. The molecular formula is C14H17BrN2O. The van der Waals surface area contributed by atoms with Crippen LogP contribution < -0.4 is 0 Å². The SMILES string of the molecule is CC(C)CCCC(=O)C(=[N+]=[N-])c1ccc(Br)cc1. The Labute approximate surface area is 116 Å². The monoisotopic (exact) mass is 308 g/mol. The highest BCUT2D eigenvalue weighted by molar-refractivity contribution is 9.10. The number of ketones is 1. The molecule has 1 rings (SSSR count). The Hall–Kier alpha value is -1.25. The van der Waals surface area contributed by atoms with E-state index in [9.17, 15) is 4.79 Å². The van der Waals surface area contributed by atoms with Gasteiger partial charge in [0.2, 0.25) is 5.78 Å². The van der Waals surface area contributed by atoms with Crippen LogP contribution in [0.4, 0.5) is 0 Å². The second-order valence-electron chi connectivity index (χ2n) is 4.66. The van der Waals surface area contributed by atoms with Gasteiger partial charge in [-0.05, 0) is 36.6 Å². The molecule has 0 N–H and O–H groups in total. The minimum Gasteiger partial charge on any atom is -0.361 e. The summed E-state index contributed by atoms with van der Waals surface area (Å²) >= 11 is 3.32. The maximum absolute atomic E-state index is 11.9. The van der Waals surface area contributed by atoms with E-state index in [-0.39, 0.29) is 11.5 Å². The number of nitrogens with zero attached hydrogens (tertiary/aromatic N) is 2. The first-order valence-corrected chi connectivity index (χ1v) is 6.85. The smallest absolute Gasteiger partial charge is 0.361 e. The van der Waals surface area contributed by atoms with Crippen molar-refractivity contribution in [3.8, 4) is 0 Å². The zero-order valence-electron chi connectivity index (χ0n) is 10.7. The Kier molecular flexibility index (Phi) is 5.96. The van der Waals surface area contributed by atoms with Crippen LogP contribution in [0.2, 0.25) is 0 Å². The van der Waals surface area contributed by atoms with Crippen molar-refractivity contribution in [2.24, 2.45) is 5.92 Å². The van der Waals surface area contributed by atoms with Crippen molar-refractivity contribution in [1.82, 2.24) is 0 Å².